The molecule has 0 fully saturated rings. The molecule has 0 saturated heterocycles. The molecule has 3 N–H and O–H groups in total. The number of rotatable bonds is 0. The summed E-state index contributed by atoms with van der Waals surface area (Å²) in [6.45, 7) is 0. The maximum Gasteiger partial charge on any atom is 0.631 e. The Labute approximate surface area is 52.9 Å². The van der Waals surface area contributed by atoms with Crippen LogP contribution in [-0.4, -0.2) is 22.4 Å². The van der Waals surface area contributed by atoms with Gasteiger partial charge in [-0.3, -0.25) is 0 Å². The van der Waals surface area contributed by atoms with Crippen LogP contribution >= 0.6 is 29.7 Å². The van der Waals surface area contributed by atoms with Gasteiger partial charge in [-0.1, -0.05) is 0 Å². The second-order valence-electron chi connectivity index (χ2n) is 0.346. The normalized spacial score (nSPS) is 3.86. The smallest absolute Gasteiger partial charge is 0.402 e. The average molecular weight is 164 g/mol. The van der Waals surface area contributed by atoms with Crippen molar-refractivity contribution in [3.8, 4) is 0 Å². The lowest BCUT2D eigenvalue weighted by molar-refractivity contribution is 0.278. The van der Waals surface area contributed by atoms with Crippen LogP contribution in [-0.2, 0) is 0 Å². The van der Waals surface area contributed by atoms with E-state index >= 15 is 0 Å². The van der Waals surface area contributed by atoms with Crippen LogP contribution in [0.2, 0.25) is 0 Å². The van der Waals surface area contributed by atoms with Crippen LogP contribution in [0.15, 0.2) is 0 Å². The Hall–Kier alpha value is 1.23. The fourth-order valence-corrected chi connectivity index (χ4v) is 0. The first-order valence-electron chi connectivity index (χ1n) is 0.775. The van der Waals surface area contributed by atoms with Gasteiger partial charge in [0, 0.05) is 0 Å². The Bertz CT molecular complexity index is 14.9. The van der Waals surface area contributed by atoms with E-state index in [4.69, 9.17) is 15.1 Å². The van der Waals surface area contributed by atoms with Crippen molar-refractivity contribution in [3.63, 3.8) is 0 Å². The molecule has 0 aliphatic carbocycles. The zero-order valence-electron chi connectivity index (χ0n) is 4.04. The summed E-state index contributed by atoms with van der Waals surface area (Å²) in [6.07, 6.45) is 0. The molecule has 0 aliphatic rings. The lowest BCUT2D eigenvalue weighted by Crippen LogP contribution is -2.07. The predicted molar refractivity (Wildman–Crippen MR) is 45.7 cm³/mol. The van der Waals surface area contributed by atoms with Gasteiger partial charge in [-0.25, -0.2) is 0 Å². The Balaban J connectivity index is -0.0000000150. The molecule has 0 spiro atoms. The van der Waals surface area contributed by atoms with Crippen LogP contribution in [0, 0.1) is 0 Å². The first kappa shape index (κ1) is 24.0. The first-order valence-corrected chi connectivity index (χ1v) is 0.775. The van der Waals surface area contributed by atoms with Crippen LogP contribution in [0.1, 0.15) is 0 Å². The third-order valence-corrected chi connectivity index (χ3v) is 0. The second-order valence-corrected chi connectivity index (χ2v) is 0.346. The fraction of sp³-hybridized carbons (Fsp3) is 0. The molecule has 0 aromatic heterocycles. The van der Waals surface area contributed by atoms with Crippen molar-refractivity contribution in [2.75, 3.05) is 0 Å². The lowest BCUT2D eigenvalue weighted by Gasteiger charge is -1.69. The highest BCUT2D eigenvalue weighted by Crippen LogP contribution is 1.40. The first-order chi connectivity index (χ1) is 1.73. The molecule has 48 valence electrons. The van der Waals surface area contributed by atoms with Gasteiger partial charge in [0.25, 0.3) is 0 Å². The zero-order valence-corrected chi connectivity index (χ0v) is 8.28. The van der Waals surface area contributed by atoms with Crippen molar-refractivity contribution in [1.82, 2.24) is 0 Å². The fourth-order valence-electron chi connectivity index (χ4n) is 0. The van der Waals surface area contributed by atoms with E-state index in [-0.39, 0.29) is 29.7 Å². The molecule has 0 aromatic carbocycles. The van der Waals surface area contributed by atoms with Crippen LogP contribution in [0.25, 0.3) is 0 Å². The third kappa shape index (κ3) is 130. The second kappa shape index (κ2) is 15.7. The van der Waals surface area contributed by atoms with E-state index in [1.807, 2.05) is 0 Å². The van der Waals surface area contributed by atoms with Crippen LogP contribution in [0.3, 0.4) is 0 Å². The summed E-state index contributed by atoms with van der Waals surface area (Å²) < 4.78 is 0. The van der Waals surface area contributed by atoms with E-state index in [0.717, 1.165) is 0 Å². The van der Waals surface area contributed by atoms with E-state index in [0.29, 0.717) is 0 Å². The maximum absolute atomic E-state index is 7.17. The molecule has 0 bridgehead atoms. The van der Waals surface area contributed by atoms with Crippen molar-refractivity contribution in [3.05, 3.63) is 0 Å². The lowest BCUT2D eigenvalue weighted by atomic mass is 10.3. The quantitative estimate of drug-likeness (QED) is 0.290. The Kier molecular flexibility index (Phi) is 53.8. The molecule has 3 atom stereocenters. The molecule has 0 rings (SSSR count). The predicted octanol–water partition coefficient (Wildman–Crippen LogP) is -1.88. The van der Waals surface area contributed by atoms with E-state index in [1.165, 1.54) is 0 Å². The highest BCUT2D eigenvalue weighted by molar-refractivity contribution is 6.92. The summed E-state index contributed by atoms with van der Waals surface area (Å²) >= 11 is 0. The Morgan fingerprint density at radius 1 is 0.714 bits per heavy atom. The maximum atomic E-state index is 7.17. The van der Waals surface area contributed by atoms with Crippen molar-refractivity contribution >= 4 is 37.0 Å². The van der Waals surface area contributed by atoms with Gasteiger partial charge in [0.2, 0.25) is 0 Å². The molecule has 0 aromatic rings. The summed E-state index contributed by atoms with van der Waals surface area (Å²) in [5, 5.41) is 21.5. The molecule has 0 saturated carbocycles. The van der Waals surface area contributed by atoms with Gasteiger partial charge in [0.05, 0.1) is 0 Å². The Morgan fingerprint density at radius 2 is 0.714 bits per heavy atom. The molecule has 7 heteroatoms. The van der Waals surface area contributed by atoms with Gasteiger partial charge in [-0.15, -0.1) is 0 Å². The van der Waals surface area contributed by atoms with Gasteiger partial charge < -0.3 is 15.1 Å². The SMILES string of the molecule is OB(O)O.P.P.P. The van der Waals surface area contributed by atoms with Crippen LogP contribution in [0.5, 0.6) is 0 Å². The summed E-state index contributed by atoms with van der Waals surface area (Å²) in [5.41, 5.74) is 0. The molecule has 0 aliphatic heterocycles. The highest BCUT2D eigenvalue weighted by Gasteiger charge is 1.92. The molecular weight excluding hydrogens is 152 g/mol. The minimum absolute atomic E-state index is 0. The minimum atomic E-state index is -2.17. The van der Waals surface area contributed by atoms with Gasteiger partial charge in [0.1, 0.15) is 0 Å². The van der Waals surface area contributed by atoms with Gasteiger partial charge >= 0.3 is 7.32 Å². The van der Waals surface area contributed by atoms with Crippen LogP contribution in [0.4, 0.5) is 0 Å². The van der Waals surface area contributed by atoms with Gasteiger partial charge in [-0.2, -0.15) is 29.7 Å². The third-order valence-electron chi connectivity index (χ3n) is 0. The standard InChI is InChI=1S/BH3O3.3H3P/c2-1(3)4;;;/h2-4H;3*1H3. The molecule has 7 heavy (non-hydrogen) atoms. The van der Waals surface area contributed by atoms with Crippen molar-refractivity contribution < 1.29 is 15.1 Å². The summed E-state index contributed by atoms with van der Waals surface area (Å²) in [6, 6.07) is 0. The molecule has 3 unspecified atom stereocenters. The summed E-state index contributed by atoms with van der Waals surface area (Å²) in [7, 11) is -2.17. The molecule has 0 amide bonds. The largest absolute Gasteiger partial charge is 0.631 e. The molecular formula is H12BO3P3. The summed E-state index contributed by atoms with van der Waals surface area (Å²) in [4.78, 5) is 0. The van der Waals surface area contributed by atoms with Crippen molar-refractivity contribution in [1.29, 1.82) is 0 Å². The van der Waals surface area contributed by atoms with Gasteiger partial charge in [0.15, 0.2) is 0 Å². The Morgan fingerprint density at radius 3 is 0.714 bits per heavy atom. The minimum Gasteiger partial charge on any atom is -0.402 e. The molecule has 0 heterocycles. The molecule has 3 nitrogen and oxygen atoms in total. The summed E-state index contributed by atoms with van der Waals surface area (Å²) in [5.74, 6) is 0. The number of hydrogen-bond donors (Lipinski definition) is 3. The zero-order chi connectivity index (χ0) is 3.58. The van der Waals surface area contributed by atoms with Crippen LogP contribution < -0.4 is 0 Å². The van der Waals surface area contributed by atoms with E-state index in [9.17, 15) is 0 Å². The van der Waals surface area contributed by atoms with Gasteiger partial charge in [-0.05, 0) is 0 Å². The highest BCUT2D eigenvalue weighted by atomic mass is 31.0. The van der Waals surface area contributed by atoms with E-state index in [1.54, 1.807) is 0 Å². The monoisotopic (exact) mass is 164 g/mol. The van der Waals surface area contributed by atoms with Crippen molar-refractivity contribution in [2.45, 2.75) is 0 Å². The van der Waals surface area contributed by atoms with Crippen molar-refractivity contribution in [2.24, 2.45) is 0 Å². The average Bonchev–Trinajstić information content (AvgIpc) is 0.811. The molecule has 0 radical (unpaired) electrons. The van der Waals surface area contributed by atoms with E-state index < -0.39 is 7.32 Å². The topological polar surface area (TPSA) is 60.7 Å². The van der Waals surface area contributed by atoms with E-state index in [2.05, 4.69) is 0 Å². The number of hydrogen-bond acceptors (Lipinski definition) is 3.